The lowest BCUT2D eigenvalue weighted by molar-refractivity contribution is 0.0841. The molecule has 3 aromatic heterocycles. The summed E-state index contributed by atoms with van der Waals surface area (Å²) in [6.07, 6.45) is 7.63. The molecule has 30 heavy (non-hydrogen) atoms. The van der Waals surface area contributed by atoms with Crippen LogP contribution in [0.4, 0.5) is 0 Å². The SMILES string of the molecule is Cc1cc([C@H]2[C@H](c3ccccn3)NC(=S)N2C[C@@H]2CCCO2)c(C)n1-n1cnnc1. The number of nitrogens with one attached hydrogen (secondary N) is 1. The summed E-state index contributed by atoms with van der Waals surface area (Å²) in [5.41, 5.74) is 4.43. The highest BCUT2D eigenvalue weighted by Gasteiger charge is 2.42. The molecule has 0 aliphatic carbocycles. The van der Waals surface area contributed by atoms with Gasteiger partial charge >= 0.3 is 0 Å². The molecule has 2 aliphatic rings. The van der Waals surface area contributed by atoms with Crippen LogP contribution in [0.3, 0.4) is 0 Å². The maximum atomic E-state index is 5.94. The van der Waals surface area contributed by atoms with Gasteiger partial charge in [0.25, 0.3) is 0 Å². The Labute approximate surface area is 180 Å². The van der Waals surface area contributed by atoms with Crippen molar-refractivity contribution in [2.75, 3.05) is 13.2 Å². The first-order valence-electron chi connectivity index (χ1n) is 10.3. The number of hydrogen-bond acceptors (Lipinski definition) is 5. The van der Waals surface area contributed by atoms with Crippen molar-refractivity contribution in [3.8, 4) is 0 Å². The Morgan fingerprint density at radius 2 is 2.07 bits per heavy atom. The molecule has 3 atom stereocenters. The molecular weight excluding hydrogens is 398 g/mol. The highest BCUT2D eigenvalue weighted by atomic mass is 32.1. The van der Waals surface area contributed by atoms with Gasteiger partial charge in [-0.2, -0.15) is 0 Å². The fraction of sp³-hybridized carbons (Fsp3) is 0.429. The average molecular weight is 424 g/mol. The third-order valence-electron chi connectivity index (χ3n) is 6.01. The largest absolute Gasteiger partial charge is 0.376 e. The van der Waals surface area contributed by atoms with Crippen LogP contribution in [0.2, 0.25) is 0 Å². The predicted molar refractivity (Wildman–Crippen MR) is 116 cm³/mol. The summed E-state index contributed by atoms with van der Waals surface area (Å²) in [5, 5.41) is 12.2. The van der Waals surface area contributed by atoms with Crippen LogP contribution in [0.15, 0.2) is 43.1 Å². The zero-order valence-electron chi connectivity index (χ0n) is 17.1. The number of thiocarbonyl (C=S) groups is 1. The number of aromatic nitrogens is 5. The van der Waals surface area contributed by atoms with E-state index in [-0.39, 0.29) is 18.2 Å². The standard InChI is InChI=1S/C21H25N7OS/c1-14-10-17(15(2)28(14)26-12-23-24-13-26)20-19(18-7-3-4-8-22-18)25-21(30)27(20)11-16-6-5-9-29-16/h3-4,7-8,10,12-13,16,19-20H,5-6,9,11H2,1-2H3,(H,25,30)/t16-,19-,20-/m0/s1. The van der Waals surface area contributed by atoms with E-state index in [9.17, 15) is 0 Å². The van der Waals surface area contributed by atoms with E-state index < -0.39 is 0 Å². The average Bonchev–Trinajstić information content (AvgIpc) is 3.53. The molecule has 0 radical (unpaired) electrons. The van der Waals surface area contributed by atoms with Gasteiger partial charge in [-0.15, -0.1) is 10.2 Å². The molecule has 9 heteroatoms. The van der Waals surface area contributed by atoms with Crippen molar-refractivity contribution < 1.29 is 4.74 Å². The Morgan fingerprint density at radius 1 is 1.23 bits per heavy atom. The van der Waals surface area contributed by atoms with Crippen molar-refractivity contribution in [2.24, 2.45) is 0 Å². The summed E-state index contributed by atoms with van der Waals surface area (Å²) in [6.45, 7) is 5.83. The van der Waals surface area contributed by atoms with Crippen LogP contribution in [-0.4, -0.2) is 53.8 Å². The first-order chi connectivity index (χ1) is 14.6. The van der Waals surface area contributed by atoms with Gasteiger partial charge in [0.1, 0.15) is 12.7 Å². The second-order valence-corrected chi connectivity index (χ2v) is 8.28. The number of hydrogen-bond donors (Lipinski definition) is 1. The zero-order chi connectivity index (χ0) is 20.7. The van der Waals surface area contributed by atoms with Gasteiger partial charge in [0.05, 0.1) is 23.9 Å². The van der Waals surface area contributed by atoms with Gasteiger partial charge in [-0.05, 0) is 57.1 Å². The highest BCUT2D eigenvalue weighted by Crippen LogP contribution is 2.41. The number of pyridine rings is 1. The van der Waals surface area contributed by atoms with E-state index in [1.807, 2.05) is 23.0 Å². The van der Waals surface area contributed by atoms with Crippen molar-refractivity contribution in [2.45, 2.75) is 44.9 Å². The second-order valence-electron chi connectivity index (χ2n) is 7.89. The molecule has 2 saturated heterocycles. The molecule has 8 nitrogen and oxygen atoms in total. The van der Waals surface area contributed by atoms with E-state index in [1.165, 1.54) is 5.56 Å². The lowest BCUT2D eigenvalue weighted by Gasteiger charge is -2.30. The van der Waals surface area contributed by atoms with E-state index in [2.05, 4.69) is 56.1 Å². The molecule has 2 aliphatic heterocycles. The lowest BCUT2D eigenvalue weighted by Crippen LogP contribution is -2.36. The minimum atomic E-state index is -0.0324. The molecule has 0 aromatic carbocycles. The normalized spacial score (nSPS) is 23.9. The summed E-state index contributed by atoms with van der Waals surface area (Å²) in [7, 11) is 0. The lowest BCUT2D eigenvalue weighted by atomic mass is 9.96. The van der Waals surface area contributed by atoms with E-state index >= 15 is 0 Å². The summed E-state index contributed by atoms with van der Waals surface area (Å²) < 4.78 is 9.96. The third kappa shape index (κ3) is 3.27. The van der Waals surface area contributed by atoms with Gasteiger partial charge in [0, 0.05) is 36.3 Å². The summed E-state index contributed by atoms with van der Waals surface area (Å²) >= 11 is 5.79. The number of ether oxygens (including phenoxy) is 1. The molecule has 0 spiro atoms. The van der Waals surface area contributed by atoms with Crippen LogP contribution in [0.1, 0.15) is 47.6 Å². The van der Waals surface area contributed by atoms with Crippen LogP contribution >= 0.6 is 12.2 Å². The molecular formula is C21H25N7OS. The van der Waals surface area contributed by atoms with Crippen molar-refractivity contribution in [3.05, 3.63) is 65.8 Å². The Kier molecular flexibility index (Phi) is 5.00. The Morgan fingerprint density at radius 3 is 2.77 bits per heavy atom. The van der Waals surface area contributed by atoms with Crippen LogP contribution < -0.4 is 5.32 Å². The molecule has 0 saturated carbocycles. The fourth-order valence-electron chi connectivity index (χ4n) is 4.68. The van der Waals surface area contributed by atoms with Crippen LogP contribution in [0.25, 0.3) is 0 Å². The summed E-state index contributed by atoms with van der Waals surface area (Å²) in [5.74, 6) is 0. The van der Waals surface area contributed by atoms with Crippen LogP contribution in [-0.2, 0) is 4.74 Å². The van der Waals surface area contributed by atoms with Crippen LogP contribution in [0, 0.1) is 13.8 Å². The monoisotopic (exact) mass is 423 g/mol. The van der Waals surface area contributed by atoms with Gasteiger partial charge in [0.15, 0.2) is 5.11 Å². The first kappa shape index (κ1) is 19.2. The molecule has 0 bridgehead atoms. The van der Waals surface area contributed by atoms with Gasteiger partial charge in [0.2, 0.25) is 0 Å². The fourth-order valence-corrected chi connectivity index (χ4v) is 4.99. The van der Waals surface area contributed by atoms with E-state index in [0.29, 0.717) is 0 Å². The minimum Gasteiger partial charge on any atom is -0.376 e. The second kappa shape index (κ2) is 7.81. The summed E-state index contributed by atoms with van der Waals surface area (Å²) in [4.78, 5) is 6.91. The van der Waals surface area contributed by atoms with Crippen LogP contribution in [0.5, 0.6) is 0 Å². The molecule has 5 rings (SSSR count). The van der Waals surface area contributed by atoms with Gasteiger partial charge in [-0.1, -0.05) is 6.07 Å². The Bertz CT molecular complexity index is 1030. The van der Waals surface area contributed by atoms with Gasteiger partial charge in [-0.3, -0.25) is 9.66 Å². The highest BCUT2D eigenvalue weighted by molar-refractivity contribution is 7.80. The molecule has 3 aromatic rings. The maximum Gasteiger partial charge on any atom is 0.170 e. The first-order valence-corrected chi connectivity index (χ1v) is 10.7. The minimum absolute atomic E-state index is 0.0213. The van der Waals surface area contributed by atoms with Crippen molar-refractivity contribution in [1.82, 2.24) is 34.8 Å². The number of rotatable bonds is 5. The van der Waals surface area contributed by atoms with E-state index in [0.717, 1.165) is 48.2 Å². The van der Waals surface area contributed by atoms with Crippen molar-refractivity contribution in [3.63, 3.8) is 0 Å². The zero-order valence-corrected chi connectivity index (χ0v) is 17.9. The molecule has 0 amide bonds. The molecule has 1 N–H and O–H groups in total. The van der Waals surface area contributed by atoms with Gasteiger partial charge in [-0.25, -0.2) is 4.68 Å². The van der Waals surface area contributed by atoms with Crippen molar-refractivity contribution >= 4 is 17.3 Å². The smallest absolute Gasteiger partial charge is 0.170 e. The predicted octanol–water partition coefficient (Wildman–Crippen LogP) is 2.55. The topological polar surface area (TPSA) is 73.0 Å². The van der Waals surface area contributed by atoms with Gasteiger partial charge < -0.3 is 15.0 Å². The number of aryl methyl sites for hydroxylation is 1. The maximum absolute atomic E-state index is 5.94. The molecule has 2 fully saturated rings. The third-order valence-corrected chi connectivity index (χ3v) is 6.36. The molecule has 0 unspecified atom stereocenters. The van der Waals surface area contributed by atoms with E-state index in [4.69, 9.17) is 17.0 Å². The van der Waals surface area contributed by atoms with E-state index in [1.54, 1.807) is 12.7 Å². The number of nitrogens with zero attached hydrogens (tertiary/aromatic N) is 6. The molecule has 156 valence electrons. The Balaban J connectivity index is 1.58. The quantitative estimate of drug-likeness (QED) is 0.632. The van der Waals surface area contributed by atoms with Crippen molar-refractivity contribution in [1.29, 1.82) is 0 Å². The Hall–Kier alpha value is -2.78. The summed E-state index contributed by atoms with van der Waals surface area (Å²) in [6, 6.07) is 8.24. The molecule has 5 heterocycles.